The molecule has 9 nitrogen and oxygen atoms in total. The van der Waals surface area contributed by atoms with E-state index in [-0.39, 0.29) is 38.6 Å². The summed E-state index contributed by atoms with van der Waals surface area (Å²) >= 11 is 0. The number of hydrogen-bond donors (Lipinski definition) is 2. The fourth-order valence-corrected chi connectivity index (χ4v) is 8.14. The summed E-state index contributed by atoms with van der Waals surface area (Å²) in [5.74, 6) is -0.840. The molecular weight excluding hydrogens is 834 g/mol. The molecule has 2 atom stereocenters. The molecule has 3 N–H and O–H groups in total. The molecule has 0 aliphatic heterocycles. The van der Waals surface area contributed by atoms with Crippen LogP contribution in [0.25, 0.3) is 0 Å². The monoisotopic (exact) mass is 934 g/mol. The van der Waals surface area contributed by atoms with Crippen LogP contribution >= 0.6 is 7.82 Å². The van der Waals surface area contributed by atoms with Gasteiger partial charge in [0.05, 0.1) is 13.2 Å². The van der Waals surface area contributed by atoms with Gasteiger partial charge in [-0.3, -0.25) is 18.6 Å². The summed E-state index contributed by atoms with van der Waals surface area (Å²) in [6.07, 6.45) is 62.6. The number of rotatable bonds is 50. The molecule has 0 aromatic rings. The highest BCUT2D eigenvalue weighted by molar-refractivity contribution is 7.47. The molecule has 0 heterocycles. The van der Waals surface area contributed by atoms with Gasteiger partial charge < -0.3 is 20.1 Å². The minimum Gasteiger partial charge on any atom is -0.462 e. The lowest BCUT2D eigenvalue weighted by molar-refractivity contribution is -0.161. The third kappa shape index (κ3) is 51.0. The molecule has 2 unspecified atom stereocenters. The molecule has 0 spiro atoms. The summed E-state index contributed by atoms with van der Waals surface area (Å²) in [5, 5.41) is 0. The average molecular weight is 934 g/mol. The van der Waals surface area contributed by atoms with Crippen molar-refractivity contribution in [3.63, 3.8) is 0 Å². The standard InChI is InChI=1S/C55H100NO8P/c1-3-5-7-9-11-13-15-17-19-21-23-24-25-26-27-28-30-31-33-35-37-39-41-43-45-47-54(57)61-51-53(52-63-65(59,60)62-50-49-56)64-55(58)48-46-44-42-40-38-36-34-32-29-22-20-18-16-14-12-10-8-6-4-2/h12,14-15,17-18,20-21,23,29,32,53H,3-11,13,16,19,22,24-28,30-31,33-52,56H2,1-2H3,(H,59,60)/b14-12-,17-15-,20-18-,23-21-,32-29-. The van der Waals surface area contributed by atoms with Gasteiger partial charge in [-0.15, -0.1) is 0 Å². The Morgan fingerprint density at radius 3 is 1.22 bits per heavy atom. The second-order valence-corrected chi connectivity index (χ2v) is 19.2. The minimum atomic E-state index is -4.39. The number of carbonyl (C=O) groups excluding carboxylic acids is 2. The van der Waals surface area contributed by atoms with Crippen LogP contribution in [-0.2, 0) is 32.7 Å². The first kappa shape index (κ1) is 62.7. The predicted octanol–water partition coefficient (Wildman–Crippen LogP) is 16.4. The van der Waals surface area contributed by atoms with Gasteiger partial charge in [-0.05, 0) is 83.5 Å². The van der Waals surface area contributed by atoms with E-state index in [0.29, 0.717) is 6.42 Å². The number of nitrogens with two attached hydrogens (primary N) is 1. The molecule has 0 fully saturated rings. The topological polar surface area (TPSA) is 134 Å². The van der Waals surface area contributed by atoms with Gasteiger partial charge in [-0.25, -0.2) is 4.57 Å². The van der Waals surface area contributed by atoms with Crippen LogP contribution in [0.15, 0.2) is 60.8 Å². The number of allylic oxidation sites excluding steroid dienone is 10. The van der Waals surface area contributed by atoms with Crippen molar-refractivity contribution in [2.24, 2.45) is 5.73 Å². The first-order valence-corrected chi connectivity index (χ1v) is 28.3. The predicted molar refractivity (Wildman–Crippen MR) is 275 cm³/mol. The van der Waals surface area contributed by atoms with E-state index in [1.54, 1.807) is 0 Å². The zero-order valence-corrected chi connectivity index (χ0v) is 42.9. The average Bonchev–Trinajstić information content (AvgIpc) is 3.30. The summed E-state index contributed by atoms with van der Waals surface area (Å²) in [6.45, 7) is 3.70. The van der Waals surface area contributed by atoms with Crippen molar-refractivity contribution in [1.29, 1.82) is 0 Å². The molecule has 0 aromatic heterocycles. The molecule has 0 saturated heterocycles. The molecule has 0 amide bonds. The second kappa shape index (κ2) is 51.1. The highest BCUT2D eigenvalue weighted by atomic mass is 31.2. The van der Waals surface area contributed by atoms with Gasteiger partial charge in [-0.1, -0.05) is 209 Å². The van der Waals surface area contributed by atoms with E-state index in [0.717, 1.165) is 77.0 Å². The largest absolute Gasteiger partial charge is 0.472 e. The summed E-state index contributed by atoms with van der Waals surface area (Å²) in [5.41, 5.74) is 5.37. The van der Waals surface area contributed by atoms with Crippen molar-refractivity contribution in [3.8, 4) is 0 Å². The molecule has 0 aromatic carbocycles. The van der Waals surface area contributed by atoms with E-state index in [1.165, 1.54) is 135 Å². The second-order valence-electron chi connectivity index (χ2n) is 17.7. The maximum atomic E-state index is 12.7. The van der Waals surface area contributed by atoms with Gasteiger partial charge >= 0.3 is 19.8 Å². The van der Waals surface area contributed by atoms with Gasteiger partial charge in [0.25, 0.3) is 0 Å². The van der Waals surface area contributed by atoms with E-state index in [9.17, 15) is 19.0 Å². The van der Waals surface area contributed by atoms with Crippen LogP contribution in [0.3, 0.4) is 0 Å². The zero-order valence-electron chi connectivity index (χ0n) is 42.0. The molecular formula is C55H100NO8P. The van der Waals surface area contributed by atoms with E-state index in [1.807, 2.05) is 0 Å². The molecule has 65 heavy (non-hydrogen) atoms. The van der Waals surface area contributed by atoms with Crippen molar-refractivity contribution in [2.75, 3.05) is 26.4 Å². The highest BCUT2D eigenvalue weighted by Crippen LogP contribution is 2.43. The number of unbranched alkanes of at least 4 members (excludes halogenated alkanes) is 27. The lowest BCUT2D eigenvalue weighted by Gasteiger charge is -2.19. The summed E-state index contributed by atoms with van der Waals surface area (Å²) in [4.78, 5) is 35.1. The van der Waals surface area contributed by atoms with Gasteiger partial charge in [-0.2, -0.15) is 0 Å². The summed E-state index contributed by atoms with van der Waals surface area (Å²) < 4.78 is 33.0. The van der Waals surface area contributed by atoms with Gasteiger partial charge in [0.2, 0.25) is 0 Å². The minimum absolute atomic E-state index is 0.0492. The van der Waals surface area contributed by atoms with Crippen molar-refractivity contribution >= 4 is 19.8 Å². The molecule has 0 aliphatic rings. The Bertz CT molecular complexity index is 1250. The number of phosphoric acid groups is 1. The lowest BCUT2D eigenvalue weighted by atomic mass is 10.0. The molecule has 0 bridgehead atoms. The van der Waals surface area contributed by atoms with Gasteiger partial charge in [0.15, 0.2) is 6.10 Å². The number of hydrogen-bond acceptors (Lipinski definition) is 8. The van der Waals surface area contributed by atoms with Crippen LogP contribution in [-0.4, -0.2) is 49.3 Å². The van der Waals surface area contributed by atoms with Crippen molar-refractivity contribution in [2.45, 2.75) is 251 Å². The summed E-state index contributed by atoms with van der Waals surface area (Å²) in [6, 6.07) is 0. The molecule has 10 heteroatoms. The normalized spacial score (nSPS) is 13.6. The van der Waals surface area contributed by atoms with Crippen LogP contribution in [0.4, 0.5) is 0 Å². The van der Waals surface area contributed by atoms with Crippen molar-refractivity contribution in [1.82, 2.24) is 0 Å². The van der Waals surface area contributed by atoms with E-state index in [4.69, 9.17) is 24.3 Å². The maximum Gasteiger partial charge on any atom is 0.472 e. The maximum absolute atomic E-state index is 12.7. The molecule has 0 saturated carbocycles. The molecule has 0 rings (SSSR count). The SMILES string of the molecule is CCCCC/C=C\C/C=C\C/C=C\CCCCCCCCC(=O)OC(COC(=O)CCCCCCCCCCCCCCC/C=C\C/C=C\CCCCCCC)COP(=O)(O)OCCN. The van der Waals surface area contributed by atoms with Crippen LogP contribution in [0.1, 0.15) is 245 Å². The molecule has 0 radical (unpaired) electrons. The quantitative estimate of drug-likeness (QED) is 0.0265. The van der Waals surface area contributed by atoms with Gasteiger partial charge in [0.1, 0.15) is 6.61 Å². The van der Waals surface area contributed by atoms with E-state index < -0.39 is 26.5 Å². The Morgan fingerprint density at radius 2 is 0.800 bits per heavy atom. The number of phosphoric ester groups is 1. The van der Waals surface area contributed by atoms with Crippen molar-refractivity contribution < 1.29 is 37.6 Å². The summed E-state index contributed by atoms with van der Waals surface area (Å²) in [7, 11) is -4.39. The third-order valence-electron chi connectivity index (χ3n) is 11.4. The van der Waals surface area contributed by atoms with E-state index in [2.05, 4.69) is 74.6 Å². The first-order chi connectivity index (χ1) is 31.8. The van der Waals surface area contributed by atoms with Crippen LogP contribution < -0.4 is 5.73 Å². The van der Waals surface area contributed by atoms with Gasteiger partial charge in [0, 0.05) is 19.4 Å². The van der Waals surface area contributed by atoms with Crippen LogP contribution in [0.2, 0.25) is 0 Å². The number of esters is 2. The zero-order chi connectivity index (χ0) is 47.4. The Morgan fingerprint density at radius 1 is 0.462 bits per heavy atom. The first-order valence-electron chi connectivity index (χ1n) is 26.8. The van der Waals surface area contributed by atoms with Crippen molar-refractivity contribution in [3.05, 3.63) is 60.8 Å². The van der Waals surface area contributed by atoms with Crippen LogP contribution in [0, 0.1) is 0 Å². The molecule has 0 aliphatic carbocycles. The number of carbonyl (C=O) groups is 2. The molecule has 378 valence electrons. The Hall–Kier alpha value is -2.29. The third-order valence-corrected chi connectivity index (χ3v) is 12.4. The lowest BCUT2D eigenvalue weighted by Crippen LogP contribution is -2.29. The smallest absolute Gasteiger partial charge is 0.462 e. The number of ether oxygens (including phenoxy) is 2. The Labute approximate surface area is 399 Å². The highest BCUT2D eigenvalue weighted by Gasteiger charge is 2.26. The fraction of sp³-hybridized carbons (Fsp3) is 0.782. The van der Waals surface area contributed by atoms with E-state index >= 15 is 0 Å². The van der Waals surface area contributed by atoms with Crippen LogP contribution in [0.5, 0.6) is 0 Å². The fourth-order valence-electron chi connectivity index (χ4n) is 7.38. The Balaban J connectivity index is 4.03. The Kier molecular flexibility index (Phi) is 49.3.